The Labute approximate surface area is 199 Å². The molecule has 1 saturated heterocycles. The molecule has 10 nitrogen and oxygen atoms in total. The fourth-order valence-electron chi connectivity index (χ4n) is 2.84. The highest BCUT2D eigenvalue weighted by Crippen LogP contribution is 2.38. The highest BCUT2D eigenvalue weighted by molar-refractivity contribution is 6.32. The molecule has 0 spiro atoms. The number of carbonyl (C=O) groups is 3. The van der Waals surface area contributed by atoms with Crippen LogP contribution in [0.1, 0.15) is 13.3 Å². The number of para-hydroxylation sites is 2. The van der Waals surface area contributed by atoms with Gasteiger partial charge in [-0.2, -0.15) is 18.2 Å². The summed E-state index contributed by atoms with van der Waals surface area (Å²) < 4.78 is 69.2. The minimum Gasteiger partial charge on any atom is -0.478 e. The number of halogens is 5. The number of ether oxygens (including phenoxy) is 3. The van der Waals surface area contributed by atoms with Crippen LogP contribution in [0, 0.1) is 5.82 Å². The third kappa shape index (κ3) is 5.54. The lowest BCUT2D eigenvalue weighted by Crippen LogP contribution is -2.68. The average molecular weight is 522 g/mol. The number of hydrogen-bond acceptors (Lipinski definition) is 8. The molecule has 1 unspecified atom stereocenters. The van der Waals surface area contributed by atoms with Gasteiger partial charge in [0.15, 0.2) is 29.7 Å². The van der Waals surface area contributed by atoms with E-state index in [-0.39, 0.29) is 23.0 Å². The summed E-state index contributed by atoms with van der Waals surface area (Å²) >= 11 is 5.95. The summed E-state index contributed by atoms with van der Waals surface area (Å²) in [6.45, 7) is 1.25. The van der Waals surface area contributed by atoms with Crippen LogP contribution in [0.5, 0.6) is 17.4 Å². The molecule has 3 amide bonds. The summed E-state index contributed by atoms with van der Waals surface area (Å²) in [6, 6.07) is 4.66. The van der Waals surface area contributed by atoms with Gasteiger partial charge in [-0.25, -0.2) is 18.9 Å². The Hall–Kier alpha value is -3.65. The van der Waals surface area contributed by atoms with Crippen LogP contribution in [0.25, 0.3) is 0 Å². The van der Waals surface area contributed by atoms with Gasteiger partial charge in [-0.05, 0) is 19.1 Å². The van der Waals surface area contributed by atoms with Crippen LogP contribution in [0.2, 0.25) is 5.02 Å². The first kappa shape index (κ1) is 26.0. The molecule has 188 valence electrons. The number of rotatable bonds is 7. The van der Waals surface area contributed by atoms with Gasteiger partial charge in [0.1, 0.15) is 5.02 Å². The topological polar surface area (TPSA) is 127 Å². The van der Waals surface area contributed by atoms with E-state index in [9.17, 15) is 37.1 Å². The molecule has 2 N–H and O–H groups in total. The second kappa shape index (κ2) is 9.92. The van der Waals surface area contributed by atoms with E-state index in [0.717, 1.165) is 0 Å². The molecule has 1 aromatic carbocycles. The summed E-state index contributed by atoms with van der Waals surface area (Å²) in [5.41, 5.74) is -3.84. The highest BCUT2D eigenvalue weighted by atomic mass is 35.5. The molecule has 1 aliphatic rings. The molecule has 15 heteroatoms. The minimum absolute atomic E-state index is 0.0197. The Morgan fingerprint density at radius 1 is 1.29 bits per heavy atom. The number of aromatic nitrogens is 1. The Morgan fingerprint density at radius 3 is 2.54 bits per heavy atom. The van der Waals surface area contributed by atoms with Crippen LogP contribution < -0.4 is 19.7 Å². The first-order valence-electron chi connectivity index (χ1n) is 9.72. The largest absolute Gasteiger partial charge is 0.478 e. The molecule has 1 aromatic heterocycles. The molecule has 1 aliphatic heterocycles. The monoisotopic (exact) mass is 521 g/mol. The van der Waals surface area contributed by atoms with Gasteiger partial charge in [0, 0.05) is 6.07 Å². The SMILES string of the molecule is CCOC(=O)COc1ccccc1Oc1nc(N2C(=O)CC(O)(C(F)(F)F)NC2=O)c(F)cc1Cl. The van der Waals surface area contributed by atoms with Crippen molar-refractivity contribution in [1.29, 1.82) is 0 Å². The Bertz CT molecular complexity index is 1140. The van der Waals surface area contributed by atoms with Crippen LogP contribution in [-0.4, -0.2) is 53.1 Å². The van der Waals surface area contributed by atoms with E-state index in [2.05, 4.69) is 4.98 Å². The van der Waals surface area contributed by atoms with Crippen molar-refractivity contribution >= 4 is 35.3 Å². The number of esters is 1. The van der Waals surface area contributed by atoms with Crippen molar-refractivity contribution in [3.8, 4) is 17.4 Å². The number of alkyl halides is 3. The van der Waals surface area contributed by atoms with E-state index in [1.54, 1.807) is 6.92 Å². The van der Waals surface area contributed by atoms with Gasteiger partial charge in [0.2, 0.25) is 17.5 Å². The number of hydrogen-bond donors (Lipinski definition) is 2. The number of amides is 3. The Morgan fingerprint density at radius 2 is 1.94 bits per heavy atom. The van der Waals surface area contributed by atoms with Gasteiger partial charge in [0.25, 0.3) is 0 Å². The molecule has 0 saturated carbocycles. The molecule has 3 rings (SSSR count). The molecule has 2 heterocycles. The van der Waals surface area contributed by atoms with E-state index < -0.39 is 65.4 Å². The second-order valence-corrected chi connectivity index (χ2v) is 7.32. The number of nitrogens with zero attached hydrogens (tertiary/aromatic N) is 2. The van der Waals surface area contributed by atoms with Crippen LogP contribution in [0.4, 0.5) is 28.2 Å². The number of pyridine rings is 1. The smallest absolute Gasteiger partial charge is 0.437 e. The van der Waals surface area contributed by atoms with Gasteiger partial charge >= 0.3 is 18.2 Å². The van der Waals surface area contributed by atoms with Crippen molar-refractivity contribution in [3.05, 3.63) is 41.2 Å². The van der Waals surface area contributed by atoms with E-state index in [4.69, 9.17) is 25.8 Å². The van der Waals surface area contributed by atoms with Crippen molar-refractivity contribution in [2.75, 3.05) is 18.1 Å². The molecular weight excluding hydrogens is 506 g/mol. The summed E-state index contributed by atoms with van der Waals surface area (Å²) in [6.07, 6.45) is -7.01. The number of benzene rings is 1. The van der Waals surface area contributed by atoms with E-state index in [1.165, 1.54) is 29.6 Å². The van der Waals surface area contributed by atoms with Crippen LogP contribution in [0.3, 0.4) is 0 Å². The predicted octanol–water partition coefficient (Wildman–Crippen LogP) is 3.31. The normalized spacial score (nSPS) is 18.2. The number of aliphatic hydroxyl groups is 1. The summed E-state index contributed by atoms with van der Waals surface area (Å²) in [5, 5.41) is 10.4. The van der Waals surface area contributed by atoms with Crippen molar-refractivity contribution in [1.82, 2.24) is 10.3 Å². The number of imide groups is 1. The van der Waals surface area contributed by atoms with Crippen LogP contribution >= 0.6 is 11.6 Å². The maximum atomic E-state index is 14.6. The van der Waals surface area contributed by atoms with E-state index in [0.29, 0.717) is 6.07 Å². The van der Waals surface area contributed by atoms with Crippen molar-refractivity contribution in [3.63, 3.8) is 0 Å². The minimum atomic E-state index is -5.38. The lowest BCUT2D eigenvalue weighted by Gasteiger charge is -2.37. The molecule has 1 atom stereocenters. The number of urea groups is 1. The summed E-state index contributed by atoms with van der Waals surface area (Å²) in [5.74, 6) is -5.22. The molecular formula is C20H16ClF4N3O7. The van der Waals surface area contributed by atoms with Crippen molar-refractivity contribution < 1.29 is 51.3 Å². The maximum Gasteiger partial charge on any atom is 0.437 e. The van der Waals surface area contributed by atoms with E-state index >= 15 is 0 Å². The van der Waals surface area contributed by atoms with Gasteiger partial charge in [-0.15, -0.1) is 0 Å². The lowest BCUT2D eigenvalue weighted by molar-refractivity contribution is -0.269. The van der Waals surface area contributed by atoms with Gasteiger partial charge in [-0.1, -0.05) is 23.7 Å². The Balaban J connectivity index is 1.90. The number of anilines is 1. The van der Waals surface area contributed by atoms with Gasteiger partial charge in [0.05, 0.1) is 13.0 Å². The lowest BCUT2D eigenvalue weighted by atomic mass is 10.1. The maximum absolute atomic E-state index is 14.6. The third-order valence-corrected chi connectivity index (χ3v) is 4.71. The Kier molecular flexibility index (Phi) is 7.36. The quantitative estimate of drug-likeness (QED) is 0.420. The fourth-order valence-corrected chi connectivity index (χ4v) is 3.02. The van der Waals surface area contributed by atoms with Crippen molar-refractivity contribution in [2.45, 2.75) is 25.2 Å². The zero-order valence-electron chi connectivity index (χ0n) is 17.7. The summed E-state index contributed by atoms with van der Waals surface area (Å²) in [7, 11) is 0. The van der Waals surface area contributed by atoms with Crippen molar-refractivity contribution in [2.24, 2.45) is 0 Å². The first-order chi connectivity index (χ1) is 16.4. The third-order valence-electron chi connectivity index (χ3n) is 4.44. The zero-order valence-corrected chi connectivity index (χ0v) is 18.4. The highest BCUT2D eigenvalue weighted by Gasteiger charge is 2.60. The van der Waals surface area contributed by atoms with Crippen LogP contribution in [-0.2, 0) is 14.3 Å². The summed E-state index contributed by atoms with van der Waals surface area (Å²) in [4.78, 5) is 39.7. The molecule has 35 heavy (non-hydrogen) atoms. The fraction of sp³-hybridized carbons (Fsp3) is 0.300. The second-order valence-electron chi connectivity index (χ2n) is 6.92. The number of carbonyl (C=O) groups excluding carboxylic acids is 3. The molecule has 0 bridgehead atoms. The zero-order chi connectivity index (χ0) is 26.0. The molecule has 0 aliphatic carbocycles. The number of nitrogens with one attached hydrogen (secondary N) is 1. The van der Waals surface area contributed by atoms with E-state index in [1.807, 2.05) is 0 Å². The van der Waals surface area contributed by atoms with Gasteiger partial charge in [-0.3, -0.25) is 4.79 Å². The standard InChI is InChI=1S/C20H16ClF4N3O7/c1-2-33-15(30)9-34-12-5-3-4-6-13(12)35-17-10(21)7-11(22)16(26-17)28-14(29)8-19(32,20(23,24)25)27-18(28)31/h3-7,32H,2,8-9H2,1H3,(H,27,31). The average Bonchev–Trinajstić information content (AvgIpc) is 2.75. The molecule has 0 radical (unpaired) electrons. The van der Waals surface area contributed by atoms with Gasteiger partial charge < -0.3 is 24.6 Å². The van der Waals surface area contributed by atoms with Crippen LogP contribution in [0.15, 0.2) is 30.3 Å². The predicted molar refractivity (Wildman–Crippen MR) is 109 cm³/mol. The molecule has 1 fully saturated rings. The molecule has 2 aromatic rings. The first-order valence-corrected chi connectivity index (χ1v) is 10.1.